The molecule has 122 valence electrons. The highest BCUT2D eigenvalue weighted by atomic mass is 16.2. The molecule has 0 bridgehead atoms. The molecule has 0 aliphatic carbocycles. The maximum Gasteiger partial charge on any atom is 0.319 e. The lowest BCUT2D eigenvalue weighted by molar-refractivity contribution is 0.251. The second kappa shape index (κ2) is 6.13. The molecule has 3 aromatic rings. The number of nitrogens with one attached hydrogen (secondary N) is 2. The van der Waals surface area contributed by atoms with Crippen LogP contribution in [-0.2, 0) is 0 Å². The van der Waals surface area contributed by atoms with Crippen LogP contribution in [0.1, 0.15) is 17.2 Å². The first-order valence-corrected chi connectivity index (χ1v) is 7.92. The van der Waals surface area contributed by atoms with E-state index in [-0.39, 0.29) is 12.1 Å². The number of aromatic nitrogens is 2. The molecule has 2 N–H and O–H groups in total. The van der Waals surface area contributed by atoms with Gasteiger partial charge in [-0.1, -0.05) is 24.3 Å². The minimum Gasteiger partial charge on any atom is -0.335 e. The molecule has 2 aromatic carbocycles. The predicted molar refractivity (Wildman–Crippen MR) is 94.0 cm³/mol. The van der Waals surface area contributed by atoms with Crippen LogP contribution in [-0.4, -0.2) is 22.1 Å². The highest BCUT2D eigenvalue weighted by Gasteiger charge is 2.28. The van der Waals surface area contributed by atoms with Crippen molar-refractivity contribution in [3.05, 3.63) is 72.2 Å². The lowest BCUT2D eigenvalue weighted by Crippen LogP contribution is -2.33. The molecule has 0 saturated carbocycles. The Balaban J connectivity index is 1.45. The Morgan fingerprint density at radius 2 is 2.00 bits per heavy atom. The van der Waals surface area contributed by atoms with E-state index in [2.05, 4.69) is 32.3 Å². The third kappa shape index (κ3) is 2.72. The van der Waals surface area contributed by atoms with E-state index < -0.39 is 0 Å². The highest BCUT2D eigenvalue weighted by Crippen LogP contribution is 2.38. The van der Waals surface area contributed by atoms with Crippen LogP contribution in [0.2, 0.25) is 0 Å². The zero-order valence-corrected chi connectivity index (χ0v) is 13.3. The molecule has 1 unspecified atom stereocenters. The lowest BCUT2D eigenvalue weighted by Gasteiger charge is -2.16. The summed E-state index contributed by atoms with van der Waals surface area (Å²) in [5.74, 6) is 0. The summed E-state index contributed by atoms with van der Waals surface area (Å²) in [4.78, 5) is 16.4. The van der Waals surface area contributed by atoms with Crippen LogP contribution < -0.4 is 10.6 Å². The molecule has 25 heavy (non-hydrogen) atoms. The Labute approximate surface area is 144 Å². The van der Waals surface area contributed by atoms with Gasteiger partial charge in [0.05, 0.1) is 35.9 Å². The van der Waals surface area contributed by atoms with Gasteiger partial charge in [0.2, 0.25) is 0 Å². The minimum atomic E-state index is -0.282. The van der Waals surface area contributed by atoms with Gasteiger partial charge in [-0.05, 0) is 29.8 Å². The monoisotopic (exact) mass is 329 g/mol. The average Bonchev–Trinajstić information content (AvgIpc) is 3.22. The number of imidazole rings is 1. The fraction of sp³-hybridized carbons (Fsp3) is 0.105. The summed E-state index contributed by atoms with van der Waals surface area (Å²) in [6, 6.07) is 16.7. The molecule has 0 spiro atoms. The van der Waals surface area contributed by atoms with Crippen LogP contribution in [0.15, 0.2) is 61.1 Å². The molecule has 0 saturated heterocycles. The van der Waals surface area contributed by atoms with Gasteiger partial charge in [0.25, 0.3) is 0 Å². The van der Waals surface area contributed by atoms with Crippen molar-refractivity contribution in [1.82, 2.24) is 14.9 Å². The van der Waals surface area contributed by atoms with E-state index in [1.807, 2.05) is 24.4 Å². The van der Waals surface area contributed by atoms with Gasteiger partial charge in [0, 0.05) is 17.8 Å². The largest absolute Gasteiger partial charge is 0.335 e. The summed E-state index contributed by atoms with van der Waals surface area (Å²) in [6.45, 7) is 0.461. The number of nitriles is 1. The second-order valence-corrected chi connectivity index (χ2v) is 5.81. The standard InChI is InChI=1S/C19H15N5O/c20-9-13-5-7-14(8-6-13)23-19(25)22-11-18-16-4-2-1-3-15(16)17-10-21-12-24(17)18/h1-8,10,12,18H,11H2,(H2,22,23,25). The third-order valence-corrected chi connectivity index (χ3v) is 4.33. The molecule has 2 amide bonds. The number of carbonyl (C=O) groups excluding carboxylic acids is 1. The Morgan fingerprint density at radius 1 is 1.20 bits per heavy atom. The number of hydrogen-bond donors (Lipinski definition) is 2. The van der Waals surface area contributed by atoms with Crippen molar-refractivity contribution in [3.63, 3.8) is 0 Å². The first kappa shape index (κ1) is 15.0. The summed E-state index contributed by atoms with van der Waals surface area (Å²) in [7, 11) is 0. The van der Waals surface area contributed by atoms with Gasteiger partial charge in [-0.2, -0.15) is 5.26 Å². The number of amides is 2. The Bertz CT molecular complexity index is 968. The van der Waals surface area contributed by atoms with Crippen molar-refractivity contribution in [1.29, 1.82) is 5.26 Å². The van der Waals surface area contributed by atoms with Crippen molar-refractivity contribution in [3.8, 4) is 17.3 Å². The van der Waals surface area contributed by atoms with Crippen LogP contribution in [0, 0.1) is 11.3 Å². The van der Waals surface area contributed by atoms with Gasteiger partial charge >= 0.3 is 6.03 Å². The minimum absolute atomic E-state index is 0.0282. The predicted octanol–water partition coefficient (Wildman–Crippen LogP) is 3.15. The zero-order chi connectivity index (χ0) is 17.2. The molecule has 0 fully saturated rings. The molecule has 4 rings (SSSR count). The normalized spacial score (nSPS) is 14.3. The molecule has 6 nitrogen and oxygen atoms in total. The zero-order valence-electron chi connectivity index (χ0n) is 13.3. The van der Waals surface area contributed by atoms with E-state index in [0.717, 1.165) is 11.3 Å². The van der Waals surface area contributed by atoms with Crippen molar-refractivity contribution >= 4 is 11.7 Å². The third-order valence-electron chi connectivity index (χ3n) is 4.33. The number of carbonyl (C=O) groups is 1. The van der Waals surface area contributed by atoms with Crippen LogP contribution in [0.5, 0.6) is 0 Å². The Kier molecular flexibility index (Phi) is 3.67. The van der Waals surface area contributed by atoms with Crippen molar-refractivity contribution in [2.24, 2.45) is 0 Å². The molecule has 2 heterocycles. The number of nitrogens with zero attached hydrogens (tertiary/aromatic N) is 3. The summed E-state index contributed by atoms with van der Waals surface area (Å²) in [6.07, 6.45) is 3.63. The molecule has 1 aromatic heterocycles. The van der Waals surface area contributed by atoms with E-state index in [9.17, 15) is 4.79 Å². The van der Waals surface area contributed by atoms with Crippen LogP contribution in [0.4, 0.5) is 10.5 Å². The number of rotatable bonds is 3. The molecule has 1 aliphatic heterocycles. The maximum atomic E-state index is 12.2. The smallest absolute Gasteiger partial charge is 0.319 e. The van der Waals surface area contributed by atoms with E-state index in [4.69, 9.17) is 5.26 Å². The van der Waals surface area contributed by atoms with E-state index in [0.29, 0.717) is 17.8 Å². The van der Waals surface area contributed by atoms with Crippen molar-refractivity contribution in [2.45, 2.75) is 6.04 Å². The molecular weight excluding hydrogens is 314 g/mol. The lowest BCUT2D eigenvalue weighted by atomic mass is 10.0. The van der Waals surface area contributed by atoms with Crippen LogP contribution in [0.3, 0.4) is 0 Å². The first-order chi connectivity index (χ1) is 12.3. The van der Waals surface area contributed by atoms with Crippen molar-refractivity contribution < 1.29 is 4.79 Å². The van der Waals surface area contributed by atoms with E-state index >= 15 is 0 Å². The number of urea groups is 1. The van der Waals surface area contributed by atoms with Gasteiger partial charge in [0.1, 0.15) is 0 Å². The summed E-state index contributed by atoms with van der Waals surface area (Å²) < 4.78 is 2.08. The molecule has 6 heteroatoms. The second-order valence-electron chi connectivity index (χ2n) is 5.81. The maximum absolute atomic E-state index is 12.2. The van der Waals surface area contributed by atoms with E-state index in [1.54, 1.807) is 30.6 Å². The van der Waals surface area contributed by atoms with Crippen LogP contribution >= 0.6 is 0 Å². The van der Waals surface area contributed by atoms with Gasteiger partial charge in [-0.15, -0.1) is 0 Å². The molecule has 1 atom stereocenters. The summed E-state index contributed by atoms with van der Waals surface area (Å²) in [5.41, 5.74) is 4.60. The van der Waals surface area contributed by atoms with Gasteiger partial charge in [-0.3, -0.25) is 0 Å². The highest BCUT2D eigenvalue weighted by molar-refractivity contribution is 5.89. The van der Waals surface area contributed by atoms with Gasteiger partial charge < -0.3 is 15.2 Å². The molecule has 0 radical (unpaired) electrons. The fourth-order valence-corrected chi connectivity index (χ4v) is 3.13. The fourth-order valence-electron chi connectivity index (χ4n) is 3.13. The van der Waals surface area contributed by atoms with Crippen LogP contribution in [0.25, 0.3) is 11.3 Å². The molecule has 1 aliphatic rings. The van der Waals surface area contributed by atoms with Crippen molar-refractivity contribution in [2.75, 3.05) is 11.9 Å². The van der Waals surface area contributed by atoms with Gasteiger partial charge in [0.15, 0.2) is 0 Å². The summed E-state index contributed by atoms with van der Waals surface area (Å²) in [5, 5.41) is 14.5. The number of benzene rings is 2. The Hall–Kier alpha value is -3.59. The summed E-state index contributed by atoms with van der Waals surface area (Å²) >= 11 is 0. The van der Waals surface area contributed by atoms with Gasteiger partial charge in [-0.25, -0.2) is 9.78 Å². The number of anilines is 1. The quantitative estimate of drug-likeness (QED) is 0.774. The number of fused-ring (bicyclic) bond motifs is 3. The average molecular weight is 329 g/mol. The van der Waals surface area contributed by atoms with E-state index in [1.165, 1.54) is 5.56 Å². The number of hydrogen-bond acceptors (Lipinski definition) is 3. The first-order valence-electron chi connectivity index (χ1n) is 7.92. The topological polar surface area (TPSA) is 82.7 Å². The SMILES string of the molecule is N#Cc1ccc(NC(=O)NCC2c3ccccc3-c3cncn32)cc1. The molecular formula is C19H15N5O. The Morgan fingerprint density at radius 3 is 2.80 bits per heavy atom.